The molecule has 0 saturated heterocycles. The van der Waals surface area contributed by atoms with Crippen molar-refractivity contribution < 1.29 is 29.0 Å². The molecule has 1 saturated carbocycles. The van der Waals surface area contributed by atoms with Crippen LogP contribution in [0.3, 0.4) is 0 Å². The number of nitrogens with two attached hydrogens (primary N) is 1. The first-order valence-electron chi connectivity index (χ1n) is 10.9. The van der Waals surface area contributed by atoms with E-state index in [2.05, 4.69) is 62.4 Å². The second kappa shape index (κ2) is 10.4. The Kier molecular flexibility index (Phi) is 7.45. The number of nitrogen functional groups attached to an aromatic ring is 1. The monoisotopic (exact) mass is 639 g/mol. The minimum absolute atomic E-state index is 0.0374. The van der Waals surface area contributed by atoms with Crippen LogP contribution in [-0.2, 0) is 19.7 Å². The molecule has 0 bridgehead atoms. The fourth-order valence-corrected chi connectivity index (χ4v) is 5.67. The van der Waals surface area contributed by atoms with Crippen LogP contribution in [0.5, 0.6) is 0 Å². The average molecular weight is 641 g/mol. The van der Waals surface area contributed by atoms with E-state index in [9.17, 15) is 24.3 Å². The van der Waals surface area contributed by atoms with Crippen LogP contribution >= 0.6 is 31.9 Å². The summed E-state index contributed by atoms with van der Waals surface area (Å²) in [7, 11) is 1.15. The number of anilines is 1. The second-order valence-corrected chi connectivity index (χ2v) is 10.4. The van der Waals surface area contributed by atoms with Crippen molar-refractivity contribution in [1.29, 1.82) is 0 Å². The van der Waals surface area contributed by atoms with Crippen molar-refractivity contribution in [1.82, 2.24) is 30.6 Å². The first-order chi connectivity index (χ1) is 17.6. The molecule has 0 aromatic carbocycles. The number of imidazole rings is 1. The maximum absolute atomic E-state index is 13.0. The largest absolute Gasteiger partial charge is 0.481 e. The van der Waals surface area contributed by atoms with Crippen molar-refractivity contribution in [2.45, 2.75) is 5.41 Å². The van der Waals surface area contributed by atoms with Crippen LogP contribution in [0.1, 0.15) is 26.7 Å². The molecule has 4 atom stereocenters. The molecule has 1 aliphatic carbocycles. The first kappa shape index (κ1) is 26.5. The molecule has 37 heavy (non-hydrogen) atoms. The van der Waals surface area contributed by atoms with Gasteiger partial charge in [0, 0.05) is 51.5 Å². The third kappa shape index (κ3) is 4.87. The number of halogens is 2. The number of amides is 2. The molecule has 1 aliphatic rings. The first-order valence-corrected chi connectivity index (χ1v) is 12.5. The van der Waals surface area contributed by atoms with Gasteiger partial charge in [-0.2, -0.15) is 0 Å². The quantitative estimate of drug-likeness (QED) is 0.170. The lowest BCUT2D eigenvalue weighted by atomic mass is 9.45. The molecule has 3 heterocycles. The van der Waals surface area contributed by atoms with Crippen LogP contribution in [0.15, 0.2) is 39.7 Å². The maximum atomic E-state index is 13.0. The van der Waals surface area contributed by atoms with E-state index in [1.807, 2.05) is 0 Å². The van der Waals surface area contributed by atoms with Crippen molar-refractivity contribution in [3.8, 4) is 0 Å². The average Bonchev–Trinajstić information content (AvgIpc) is 3.59. The molecule has 3 aromatic heterocycles. The molecule has 1 fully saturated rings. The Morgan fingerprint density at radius 3 is 2.16 bits per heavy atom. The summed E-state index contributed by atoms with van der Waals surface area (Å²) in [6.07, 6.45) is 4.55. The summed E-state index contributed by atoms with van der Waals surface area (Å²) >= 11 is 6.53. The van der Waals surface area contributed by atoms with Crippen LogP contribution in [0, 0.1) is 17.8 Å². The predicted molar refractivity (Wildman–Crippen MR) is 136 cm³/mol. The number of aromatic amines is 3. The molecule has 0 radical (unpaired) electrons. The molecule has 2 amide bonds. The number of aliphatic carboxylic acids is 1. The zero-order valence-corrected chi connectivity index (χ0v) is 22.5. The van der Waals surface area contributed by atoms with E-state index in [0.717, 1.165) is 7.11 Å². The number of nitrogens with zero attached hydrogens (tertiary/aromatic N) is 1. The molecule has 0 spiro atoms. The SMILES string of the molecule is COC(=O)[C@H]1[C@H](C(=O)O)[C@@H](CNC(=O)c2cc(Br)c[nH]2)[C@@]1(CNC(=O)c1cc(Br)c[nH]1)c1cnc(N)[nH]1. The molecule has 0 aliphatic heterocycles. The van der Waals surface area contributed by atoms with Crippen LogP contribution in [0.2, 0.25) is 0 Å². The summed E-state index contributed by atoms with van der Waals surface area (Å²) in [5.74, 6) is -6.26. The van der Waals surface area contributed by atoms with E-state index in [4.69, 9.17) is 10.5 Å². The minimum atomic E-state index is -1.34. The number of carbonyl (C=O) groups is 4. The van der Waals surface area contributed by atoms with E-state index >= 15 is 0 Å². The Bertz CT molecular complexity index is 1350. The zero-order chi connectivity index (χ0) is 26.9. The van der Waals surface area contributed by atoms with Crippen LogP contribution in [0.25, 0.3) is 0 Å². The van der Waals surface area contributed by atoms with Crippen molar-refractivity contribution in [3.63, 3.8) is 0 Å². The summed E-state index contributed by atoms with van der Waals surface area (Å²) in [6.45, 7) is -0.314. The van der Waals surface area contributed by atoms with Crippen molar-refractivity contribution >= 4 is 61.6 Å². The Labute approximate surface area is 226 Å². The van der Waals surface area contributed by atoms with Gasteiger partial charge in [-0.05, 0) is 44.0 Å². The number of methoxy groups -OCH3 is 1. The summed E-state index contributed by atoms with van der Waals surface area (Å²) in [6, 6.07) is 3.14. The Hall–Kier alpha value is -3.59. The molecule has 0 unspecified atom stereocenters. The van der Waals surface area contributed by atoms with Gasteiger partial charge in [0.15, 0.2) is 5.95 Å². The standard InChI is InChI=1S/C22H23Br2N7O6/c1-37-20(36)16-15(19(34)35)11(6-28-17(32)12-2-9(23)4-26-12)22(16,14-7-29-21(25)31-14)8-30-18(33)13-3-10(24)5-27-13/h2-5,7,11,15-16,26-27H,6,8H2,1H3,(H,28,32)(H,30,33)(H,34,35)(H3,25,29,31)/t11-,15-,16-,22+/m1/s1. The second-order valence-electron chi connectivity index (χ2n) is 8.55. The number of carboxylic acid groups (broad SMARTS) is 1. The third-order valence-corrected chi connectivity index (χ3v) is 7.57. The summed E-state index contributed by atoms with van der Waals surface area (Å²) in [5.41, 5.74) is 5.31. The van der Waals surface area contributed by atoms with E-state index < -0.39 is 46.9 Å². The van der Waals surface area contributed by atoms with E-state index in [1.165, 1.54) is 6.20 Å². The number of H-pyrrole nitrogens is 3. The maximum Gasteiger partial charge on any atom is 0.310 e. The van der Waals surface area contributed by atoms with Gasteiger partial charge < -0.3 is 41.2 Å². The zero-order valence-electron chi connectivity index (χ0n) is 19.3. The fourth-order valence-electron chi connectivity index (χ4n) is 4.99. The van der Waals surface area contributed by atoms with E-state index in [0.29, 0.717) is 14.6 Å². The number of rotatable bonds is 9. The van der Waals surface area contributed by atoms with Crippen LogP contribution in [-0.4, -0.2) is 69.0 Å². The Morgan fingerprint density at radius 1 is 1.11 bits per heavy atom. The van der Waals surface area contributed by atoms with Crippen molar-refractivity contribution in [2.75, 3.05) is 25.9 Å². The molecule has 4 rings (SSSR count). The molecule has 13 nitrogen and oxygen atoms in total. The van der Waals surface area contributed by atoms with Gasteiger partial charge in [-0.25, -0.2) is 4.98 Å². The number of ether oxygens (including phenoxy) is 1. The Morgan fingerprint density at radius 2 is 1.70 bits per heavy atom. The lowest BCUT2D eigenvalue weighted by molar-refractivity contribution is -0.181. The number of carboxylic acids is 1. The molecule has 196 valence electrons. The van der Waals surface area contributed by atoms with E-state index in [-0.39, 0.29) is 30.4 Å². The number of nitrogens with one attached hydrogen (secondary N) is 5. The number of aromatic nitrogens is 4. The summed E-state index contributed by atoms with van der Waals surface area (Å²) in [4.78, 5) is 63.4. The van der Waals surface area contributed by atoms with Gasteiger partial charge in [0.25, 0.3) is 11.8 Å². The number of hydrogen-bond acceptors (Lipinski definition) is 7. The molecular weight excluding hydrogens is 618 g/mol. The minimum Gasteiger partial charge on any atom is -0.481 e. The lowest BCUT2D eigenvalue weighted by Gasteiger charge is -2.57. The van der Waals surface area contributed by atoms with Gasteiger partial charge >= 0.3 is 11.9 Å². The number of esters is 1. The van der Waals surface area contributed by atoms with Gasteiger partial charge in [0.1, 0.15) is 11.4 Å². The highest BCUT2D eigenvalue weighted by molar-refractivity contribution is 9.10. The van der Waals surface area contributed by atoms with Gasteiger partial charge in [-0.15, -0.1) is 0 Å². The normalized spacial score (nSPS) is 22.6. The topological polar surface area (TPSA) is 208 Å². The van der Waals surface area contributed by atoms with Crippen LogP contribution < -0.4 is 16.4 Å². The lowest BCUT2D eigenvalue weighted by Crippen LogP contribution is -2.71. The molecule has 15 heteroatoms. The van der Waals surface area contributed by atoms with Gasteiger partial charge in [-0.1, -0.05) is 0 Å². The highest BCUT2D eigenvalue weighted by Gasteiger charge is 2.69. The fraction of sp³-hybridized carbons (Fsp3) is 0.318. The van der Waals surface area contributed by atoms with Gasteiger partial charge in [-0.3, -0.25) is 19.2 Å². The number of hydrogen-bond donors (Lipinski definition) is 7. The molecule has 3 aromatic rings. The number of carbonyl (C=O) groups excluding carboxylic acids is 3. The Balaban J connectivity index is 1.71. The smallest absolute Gasteiger partial charge is 0.310 e. The highest BCUT2D eigenvalue weighted by atomic mass is 79.9. The van der Waals surface area contributed by atoms with Gasteiger partial charge in [0.05, 0.1) is 25.1 Å². The van der Waals surface area contributed by atoms with Crippen LogP contribution in [0.4, 0.5) is 5.95 Å². The van der Waals surface area contributed by atoms with Gasteiger partial charge in [0.2, 0.25) is 0 Å². The van der Waals surface area contributed by atoms with Crippen molar-refractivity contribution in [3.05, 3.63) is 56.8 Å². The molecule has 8 N–H and O–H groups in total. The third-order valence-electron chi connectivity index (χ3n) is 6.66. The predicted octanol–water partition coefficient (Wildman–Crippen LogP) is 1.39. The van der Waals surface area contributed by atoms with Crippen molar-refractivity contribution in [2.24, 2.45) is 17.8 Å². The summed E-state index contributed by atoms with van der Waals surface area (Å²) in [5, 5.41) is 15.6. The van der Waals surface area contributed by atoms with E-state index in [1.54, 1.807) is 24.5 Å². The molecular formula is C22H23Br2N7O6. The highest BCUT2D eigenvalue weighted by Crippen LogP contribution is 2.57. The summed E-state index contributed by atoms with van der Waals surface area (Å²) < 4.78 is 6.29.